The number of nitrogens with one attached hydrogen (secondary N) is 2. The molecule has 1 aliphatic carbocycles. The van der Waals surface area contributed by atoms with Crippen molar-refractivity contribution in [1.29, 1.82) is 0 Å². The van der Waals surface area contributed by atoms with Crippen molar-refractivity contribution in [3.63, 3.8) is 0 Å². The maximum Gasteiger partial charge on any atom is 0.419 e. The highest BCUT2D eigenvalue weighted by Gasteiger charge is 2.30. The maximum absolute atomic E-state index is 13.0. The standard InChI is InChI=1S/C21H31N3O5S/c1-13(2)11-17(20(25)22-16-8-6-5-7-14(16)3)23-30(27,28)15-9-10-18-19(12-15)29-21(26)24(18)4/h9-10,12-14,16-17,23H,5-8,11H2,1-4H3,(H,22,25). The van der Waals surface area contributed by atoms with Crippen LogP contribution in [0.1, 0.15) is 52.9 Å². The number of sulfonamides is 1. The van der Waals surface area contributed by atoms with Crippen molar-refractivity contribution < 1.29 is 17.6 Å². The SMILES string of the molecule is CC(C)CC(NS(=O)(=O)c1ccc2c(c1)oc(=O)n2C)C(=O)NC1CCCCC1C. The van der Waals surface area contributed by atoms with Crippen molar-refractivity contribution in [2.24, 2.45) is 18.9 Å². The molecule has 3 rings (SSSR count). The van der Waals surface area contributed by atoms with Crippen LogP contribution < -0.4 is 15.8 Å². The molecule has 1 fully saturated rings. The number of aromatic nitrogens is 1. The fraction of sp³-hybridized carbons (Fsp3) is 0.619. The van der Waals surface area contributed by atoms with E-state index in [9.17, 15) is 18.0 Å². The number of carbonyl (C=O) groups is 1. The number of amides is 1. The lowest BCUT2D eigenvalue weighted by Gasteiger charge is -2.31. The van der Waals surface area contributed by atoms with E-state index >= 15 is 0 Å². The van der Waals surface area contributed by atoms with Crippen LogP contribution in [-0.4, -0.2) is 31.0 Å². The maximum atomic E-state index is 13.0. The van der Waals surface area contributed by atoms with Gasteiger partial charge in [0.1, 0.15) is 6.04 Å². The van der Waals surface area contributed by atoms with E-state index in [0.717, 1.165) is 25.7 Å². The molecule has 1 saturated carbocycles. The zero-order chi connectivity index (χ0) is 22.1. The summed E-state index contributed by atoms with van der Waals surface area (Å²) in [5, 5.41) is 3.06. The normalized spacial score (nSPS) is 21.1. The molecule has 3 unspecified atom stereocenters. The Labute approximate surface area is 177 Å². The summed E-state index contributed by atoms with van der Waals surface area (Å²) in [4.78, 5) is 24.6. The molecule has 0 bridgehead atoms. The number of aryl methyl sites for hydroxylation is 1. The Morgan fingerprint density at radius 2 is 1.97 bits per heavy atom. The average molecular weight is 438 g/mol. The van der Waals surface area contributed by atoms with Gasteiger partial charge in [0.2, 0.25) is 15.9 Å². The highest BCUT2D eigenvalue weighted by Crippen LogP contribution is 2.24. The molecule has 1 aliphatic rings. The highest BCUT2D eigenvalue weighted by molar-refractivity contribution is 7.89. The number of hydrogen-bond acceptors (Lipinski definition) is 5. The van der Waals surface area contributed by atoms with E-state index in [1.807, 2.05) is 13.8 Å². The summed E-state index contributed by atoms with van der Waals surface area (Å²) in [6, 6.07) is 3.44. The quantitative estimate of drug-likeness (QED) is 0.692. The molecule has 8 nitrogen and oxygen atoms in total. The van der Waals surface area contributed by atoms with Crippen LogP contribution in [0.25, 0.3) is 11.1 Å². The monoisotopic (exact) mass is 437 g/mol. The Balaban J connectivity index is 1.82. The molecule has 1 aromatic heterocycles. The van der Waals surface area contributed by atoms with E-state index in [2.05, 4.69) is 17.0 Å². The predicted molar refractivity (Wildman–Crippen MR) is 115 cm³/mol. The smallest absolute Gasteiger partial charge is 0.408 e. The molecule has 9 heteroatoms. The lowest BCUT2D eigenvalue weighted by atomic mass is 9.85. The minimum Gasteiger partial charge on any atom is -0.408 e. The van der Waals surface area contributed by atoms with Crippen LogP contribution in [0.5, 0.6) is 0 Å². The minimum absolute atomic E-state index is 0.0445. The molecule has 166 valence electrons. The second-order valence-electron chi connectivity index (χ2n) is 8.74. The number of benzene rings is 1. The van der Waals surface area contributed by atoms with Gasteiger partial charge in [-0.15, -0.1) is 0 Å². The first kappa shape index (κ1) is 22.6. The Bertz CT molecular complexity index is 1070. The molecular weight excluding hydrogens is 406 g/mol. The van der Waals surface area contributed by atoms with Gasteiger partial charge in [-0.3, -0.25) is 9.36 Å². The highest BCUT2D eigenvalue weighted by atomic mass is 32.2. The molecule has 1 aromatic carbocycles. The Kier molecular flexibility index (Phi) is 6.71. The second kappa shape index (κ2) is 8.93. The largest absolute Gasteiger partial charge is 0.419 e. The zero-order valence-electron chi connectivity index (χ0n) is 18.0. The summed E-state index contributed by atoms with van der Waals surface area (Å²) in [7, 11) is -2.43. The van der Waals surface area contributed by atoms with Crippen molar-refractivity contribution >= 4 is 27.0 Å². The Morgan fingerprint density at radius 3 is 2.63 bits per heavy atom. The van der Waals surface area contributed by atoms with Crippen LogP contribution in [0.15, 0.2) is 32.3 Å². The fourth-order valence-electron chi connectivity index (χ4n) is 4.03. The number of hydrogen-bond donors (Lipinski definition) is 2. The van der Waals surface area contributed by atoms with E-state index < -0.39 is 21.8 Å². The molecule has 0 aliphatic heterocycles. The number of fused-ring (bicyclic) bond motifs is 1. The van der Waals surface area contributed by atoms with Gasteiger partial charge in [0.15, 0.2) is 5.58 Å². The fourth-order valence-corrected chi connectivity index (χ4v) is 5.25. The molecule has 0 radical (unpaired) electrons. The van der Waals surface area contributed by atoms with Gasteiger partial charge in [0, 0.05) is 19.2 Å². The third-order valence-electron chi connectivity index (χ3n) is 5.83. The van der Waals surface area contributed by atoms with Crippen molar-refractivity contribution in [3.05, 3.63) is 28.7 Å². The molecular formula is C21H31N3O5S. The van der Waals surface area contributed by atoms with Gasteiger partial charge >= 0.3 is 5.76 Å². The van der Waals surface area contributed by atoms with Crippen molar-refractivity contribution in [1.82, 2.24) is 14.6 Å². The molecule has 3 atom stereocenters. The van der Waals surface area contributed by atoms with Gasteiger partial charge in [-0.1, -0.05) is 33.6 Å². The van der Waals surface area contributed by atoms with Crippen molar-refractivity contribution in [3.8, 4) is 0 Å². The zero-order valence-corrected chi connectivity index (χ0v) is 18.8. The van der Waals surface area contributed by atoms with Gasteiger partial charge in [-0.05, 0) is 43.2 Å². The van der Waals surface area contributed by atoms with Crippen LogP contribution in [0.3, 0.4) is 0 Å². The van der Waals surface area contributed by atoms with E-state index in [1.54, 1.807) is 7.05 Å². The molecule has 1 heterocycles. The van der Waals surface area contributed by atoms with Crippen LogP contribution in [0.2, 0.25) is 0 Å². The number of rotatable bonds is 7. The van der Waals surface area contributed by atoms with Gasteiger partial charge in [0.25, 0.3) is 0 Å². The summed E-state index contributed by atoms with van der Waals surface area (Å²) < 4.78 is 35.0. The Morgan fingerprint density at radius 1 is 1.27 bits per heavy atom. The topological polar surface area (TPSA) is 110 Å². The van der Waals surface area contributed by atoms with Gasteiger partial charge in [-0.2, -0.15) is 4.72 Å². The predicted octanol–water partition coefficient (Wildman–Crippen LogP) is 2.52. The molecule has 1 amide bonds. The van der Waals surface area contributed by atoms with Crippen molar-refractivity contribution in [2.75, 3.05) is 0 Å². The number of carbonyl (C=O) groups excluding carboxylic acids is 1. The van der Waals surface area contributed by atoms with E-state index in [4.69, 9.17) is 4.42 Å². The lowest BCUT2D eigenvalue weighted by Crippen LogP contribution is -2.51. The van der Waals surface area contributed by atoms with Gasteiger partial charge in [0.05, 0.1) is 10.4 Å². The molecule has 30 heavy (non-hydrogen) atoms. The number of oxazole rings is 1. The van der Waals surface area contributed by atoms with Gasteiger partial charge < -0.3 is 9.73 Å². The third-order valence-corrected chi connectivity index (χ3v) is 7.30. The lowest BCUT2D eigenvalue weighted by molar-refractivity contribution is -0.124. The van der Waals surface area contributed by atoms with Crippen LogP contribution >= 0.6 is 0 Å². The average Bonchev–Trinajstić information content (AvgIpc) is 2.96. The first-order valence-electron chi connectivity index (χ1n) is 10.5. The van der Waals surface area contributed by atoms with Gasteiger partial charge in [-0.25, -0.2) is 13.2 Å². The first-order chi connectivity index (χ1) is 14.1. The van der Waals surface area contributed by atoms with Crippen LogP contribution in [0.4, 0.5) is 0 Å². The molecule has 0 spiro atoms. The van der Waals surface area contributed by atoms with E-state index in [1.165, 1.54) is 22.8 Å². The van der Waals surface area contributed by atoms with Crippen LogP contribution in [-0.2, 0) is 21.9 Å². The second-order valence-corrected chi connectivity index (χ2v) is 10.5. The van der Waals surface area contributed by atoms with Crippen molar-refractivity contribution in [2.45, 2.75) is 69.9 Å². The molecule has 2 N–H and O–H groups in total. The Hall–Kier alpha value is -2.13. The molecule has 0 saturated heterocycles. The third kappa shape index (κ3) is 4.95. The van der Waals surface area contributed by atoms with E-state index in [0.29, 0.717) is 17.9 Å². The summed E-state index contributed by atoms with van der Waals surface area (Å²) in [5.41, 5.74) is 0.688. The minimum atomic E-state index is -3.98. The summed E-state index contributed by atoms with van der Waals surface area (Å²) in [6.07, 6.45) is 4.59. The summed E-state index contributed by atoms with van der Waals surface area (Å²) >= 11 is 0. The summed E-state index contributed by atoms with van der Waals surface area (Å²) in [6.45, 7) is 6.01. The van der Waals surface area contributed by atoms with E-state index in [-0.39, 0.29) is 28.3 Å². The van der Waals surface area contributed by atoms with Crippen LogP contribution in [0, 0.1) is 11.8 Å². The first-order valence-corrected chi connectivity index (χ1v) is 12.0. The molecule has 2 aromatic rings. The number of nitrogens with zero attached hydrogens (tertiary/aromatic N) is 1. The summed E-state index contributed by atoms with van der Waals surface area (Å²) in [5.74, 6) is -0.353.